The van der Waals surface area contributed by atoms with E-state index in [1.54, 1.807) is 18.3 Å². The molecule has 1 unspecified atom stereocenters. The SMILES string of the molecule is Nc1ncc(Cl)cc1C(O)c1ccnc2ccccc12. The lowest BCUT2D eigenvalue weighted by molar-refractivity contribution is 0.222. The lowest BCUT2D eigenvalue weighted by Gasteiger charge is -2.15. The molecule has 1 aromatic carbocycles. The molecule has 0 saturated carbocycles. The van der Waals surface area contributed by atoms with Crippen molar-refractivity contribution in [1.82, 2.24) is 9.97 Å². The second-order valence-electron chi connectivity index (χ2n) is 4.45. The van der Waals surface area contributed by atoms with Gasteiger partial charge in [-0.25, -0.2) is 4.98 Å². The smallest absolute Gasteiger partial charge is 0.129 e. The van der Waals surface area contributed by atoms with Gasteiger partial charge in [0.1, 0.15) is 11.9 Å². The summed E-state index contributed by atoms with van der Waals surface area (Å²) in [6, 6.07) is 11.0. The largest absolute Gasteiger partial charge is 0.383 e. The van der Waals surface area contributed by atoms with E-state index in [0.29, 0.717) is 10.6 Å². The summed E-state index contributed by atoms with van der Waals surface area (Å²) in [6.45, 7) is 0. The maximum atomic E-state index is 10.6. The van der Waals surface area contributed by atoms with Crippen molar-refractivity contribution in [2.75, 3.05) is 5.73 Å². The topological polar surface area (TPSA) is 72.0 Å². The monoisotopic (exact) mass is 285 g/mol. The molecule has 20 heavy (non-hydrogen) atoms. The van der Waals surface area contributed by atoms with E-state index >= 15 is 0 Å². The molecule has 3 aromatic rings. The van der Waals surface area contributed by atoms with Crippen LogP contribution >= 0.6 is 11.6 Å². The Hall–Kier alpha value is -2.17. The number of hydrogen-bond acceptors (Lipinski definition) is 4. The molecule has 0 radical (unpaired) electrons. The molecular weight excluding hydrogens is 274 g/mol. The van der Waals surface area contributed by atoms with Crippen LogP contribution < -0.4 is 5.73 Å². The molecule has 0 bridgehead atoms. The highest BCUT2D eigenvalue weighted by Gasteiger charge is 2.17. The second-order valence-corrected chi connectivity index (χ2v) is 4.88. The van der Waals surface area contributed by atoms with Crippen molar-refractivity contribution < 1.29 is 5.11 Å². The first-order chi connectivity index (χ1) is 9.66. The number of aromatic nitrogens is 2. The first-order valence-corrected chi connectivity index (χ1v) is 6.47. The fraction of sp³-hybridized carbons (Fsp3) is 0.0667. The molecule has 5 heteroatoms. The molecule has 0 aliphatic heterocycles. The second kappa shape index (κ2) is 5.07. The summed E-state index contributed by atoms with van der Waals surface area (Å²) in [5.41, 5.74) is 7.87. The summed E-state index contributed by atoms with van der Waals surface area (Å²) in [5.74, 6) is 0.266. The number of anilines is 1. The molecule has 1 atom stereocenters. The minimum atomic E-state index is -0.894. The van der Waals surface area contributed by atoms with Crippen molar-refractivity contribution in [3.8, 4) is 0 Å². The number of benzene rings is 1. The average molecular weight is 286 g/mol. The van der Waals surface area contributed by atoms with Crippen LogP contribution in [-0.4, -0.2) is 15.1 Å². The van der Waals surface area contributed by atoms with Gasteiger partial charge in [0.25, 0.3) is 0 Å². The summed E-state index contributed by atoms with van der Waals surface area (Å²) >= 11 is 5.93. The van der Waals surface area contributed by atoms with Gasteiger partial charge >= 0.3 is 0 Å². The van der Waals surface area contributed by atoms with Crippen LogP contribution in [0.4, 0.5) is 5.82 Å². The fourth-order valence-electron chi connectivity index (χ4n) is 2.21. The molecule has 0 saturated heterocycles. The Kier molecular flexibility index (Phi) is 3.26. The Balaban J connectivity index is 2.17. The summed E-state index contributed by atoms with van der Waals surface area (Å²) in [4.78, 5) is 8.25. The molecule has 0 fully saturated rings. The molecule has 0 amide bonds. The number of hydrogen-bond donors (Lipinski definition) is 2. The van der Waals surface area contributed by atoms with Crippen LogP contribution in [-0.2, 0) is 0 Å². The molecule has 0 aliphatic rings. The van der Waals surface area contributed by atoms with Gasteiger partial charge in [-0.15, -0.1) is 0 Å². The minimum Gasteiger partial charge on any atom is -0.383 e. The Morgan fingerprint density at radius 3 is 2.75 bits per heavy atom. The molecule has 100 valence electrons. The summed E-state index contributed by atoms with van der Waals surface area (Å²) < 4.78 is 0. The third-order valence-corrected chi connectivity index (χ3v) is 3.39. The highest BCUT2D eigenvalue weighted by molar-refractivity contribution is 6.30. The lowest BCUT2D eigenvalue weighted by Crippen LogP contribution is -2.06. The van der Waals surface area contributed by atoms with E-state index in [-0.39, 0.29) is 5.82 Å². The maximum absolute atomic E-state index is 10.6. The van der Waals surface area contributed by atoms with Crippen molar-refractivity contribution in [1.29, 1.82) is 0 Å². The van der Waals surface area contributed by atoms with Crippen LogP contribution in [0.1, 0.15) is 17.2 Å². The average Bonchev–Trinajstić information content (AvgIpc) is 2.48. The highest BCUT2D eigenvalue weighted by Crippen LogP contribution is 2.31. The van der Waals surface area contributed by atoms with E-state index in [4.69, 9.17) is 17.3 Å². The summed E-state index contributed by atoms with van der Waals surface area (Å²) in [7, 11) is 0. The van der Waals surface area contributed by atoms with Gasteiger partial charge in [-0.1, -0.05) is 29.8 Å². The quantitative estimate of drug-likeness (QED) is 0.759. The van der Waals surface area contributed by atoms with Crippen molar-refractivity contribution in [2.24, 2.45) is 0 Å². The predicted octanol–water partition coefficient (Wildman–Crippen LogP) is 2.95. The van der Waals surface area contributed by atoms with Gasteiger partial charge in [0, 0.05) is 23.3 Å². The van der Waals surface area contributed by atoms with Crippen LogP contribution in [0.25, 0.3) is 10.9 Å². The molecule has 3 rings (SSSR count). The van der Waals surface area contributed by atoms with Gasteiger partial charge in [-0.05, 0) is 23.8 Å². The number of nitrogens with two attached hydrogens (primary N) is 1. The third kappa shape index (κ3) is 2.19. The van der Waals surface area contributed by atoms with E-state index in [0.717, 1.165) is 16.5 Å². The number of pyridine rings is 2. The van der Waals surface area contributed by atoms with Gasteiger partial charge in [-0.2, -0.15) is 0 Å². The minimum absolute atomic E-state index is 0.266. The molecule has 4 nitrogen and oxygen atoms in total. The van der Waals surface area contributed by atoms with Gasteiger partial charge < -0.3 is 10.8 Å². The van der Waals surface area contributed by atoms with E-state index < -0.39 is 6.10 Å². The van der Waals surface area contributed by atoms with Crippen molar-refractivity contribution in [3.63, 3.8) is 0 Å². The molecule has 3 N–H and O–H groups in total. The highest BCUT2D eigenvalue weighted by atomic mass is 35.5. The number of nitrogens with zero attached hydrogens (tertiary/aromatic N) is 2. The predicted molar refractivity (Wildman–Crippen MR) is 79.5 cm³/mol. The van der Waals surface area contributed by atoms with Crippen LogP contribution in [0.3, 0.4) is 0 Å². The standard InChI is InChI=1S/C15H12ClN3O/c16-9-7-12(15(17)19-8-9)14(20)11-5-6-18-13-4-2-1-3-10(11)13/h1-8,14,20H,(H2,17,19). The van der Waals surface area contributed by atoms with Gasteiger partial charge in [0.05, 0.1) is 10.5 Å². The van der Waals surface area contributed by atoms with Gasteiger partial charge in [0.15, 0.2) is 0 Å². The molecule has 2 aromatic heterocycles. The number of aliphatic hydroxyl groups is 1. The van der Waals surface area contributed by atoms with Crippen LogP contribution in [0.15, 0.2) is 48.8 Å². The van der Waals surface area contributed by atoms with E-state index in [1.165, 1.54) is 6.20 Å². The van der Waals surface area contributed by atoms with E-state index in [1.807, 2.05) is 24.3 Å². The van der Waals surface area contributed by atoms with Gasteiger partial charge in [-0.3, -0.25) is 4.98 Å². The number of halogens is 1. The first kappa shape index (κ1) is 12.8. The summed E-state index contributed by atoms with van der Waals surface area (Å²) in [5, 5.41) is 11.9. The Morgan fingerprint density at radius 1 is 1.10 bits per heavy atom. The zero-order chi connectivity index (χ0) is 14.1. The number of fused-ring (bicyclic) bond motifs is 1. The number of aliphatic hydroxyl groups excluding tert-OH is 1. The number of para-hydroxylation sites is 1. The molecule has 0 spiro atoms. The van der Waals surface area contributed by atoms with Crippen molar-refractivity contribution in [3.05, 3.63) is 64.9 Å². The van der Waals surface area contributed by atoms with Crippen molar-refractivity contribution in [2.45, 2.75) is 6.10 Å². The van der Waals surface area contributed by atoms with Crippen LogP contribution in [0.2, 0.25) is 5.02 Å². The van der Waals surface area contributed by atoms with Crippen LogP contribution in [0.5, 0.6) is 0 Å². The normalized spacial score (nSPS) is 12.5. The van der Waals surface area contributed by atoms with E-state index in [9.17, 15) is 5.11 Å². The molecule has 0 aliphatic carbocycles. The van der Waals surface area contributed by atoms with Crippen LogP contribution in [0, 0.1) is 0 Å². The molecule has 2 heterocycles. The Labute approximate surface area is 120 Å². The Morgan fingerprint density at radius 2 is 1.90 bits per heavy atom. The van der Waals surface area contributed by atoms with E-state index in [2.05, 4.69) is 9.97 Å². The first-order valence-electron chi connectivity index (χ1n) is 6.09. The third-order valence-electron chi connectivity index (χ3n) is 3.19. The zero-order valence-corrected chi connectivity index (χ0v) is 11.2. The fourth-order valence-corrected chi connectivity index (χ4v) is 2.37. The zero-order valence-electron chi connectivity index (χ0n) is 10.5. The van der Waals surface area contributed by atoms with Crippen molar-refractivity contribution >= 4 is 28.3 Å². The van der Waals surface area contributed by atoms with Gasteiger partial charge in [0.2, 0.25) is 0 Å². The Bertz CT molecular complexity index is 771. The molecular formula is C15H12ClN3O. The number of rotatable bonds is 2. The summed E-state index contributed by atoms with van der Waals surface area (Å²) in [6.07, 6.45) is 2.22. The number of nitrogen functional groups attached to an aromatic ring is 1. The maximum Gasteiger partial charge on any atom is 0.129 e. The lowest BCUT2D eigenvalue weighted by atomic mass is 9.99.